The number of hydrogen-bond acceptors (Lipinski definition) is 7. The van der Waals surface area contributed by atoms with Gasteiger partial charge in [-0.05, 0) is 56.0 Å². The maximum Gasteiger partial charge on any atom is 0.243 e. The molecule has 3 rings (SSSR count). The Morgan fingerprint density at radius 2 is 1.86 bits per heavy atom. The van der Waals surface area contributed by atoms with Gasteiger partial charge >= 0.3 is 0 Å². The third-order valence-corrected chi connectivity index (χ3v) is 6.16. The van der Waals surface area contributed by atoms with Crippen LogP contribution in [0.1, 0.15) is 42.1 Å². The van der Waals surface area contributed by atoms with Crippen LogP contribution in [0.2, 0.25) is 0 Å². The number of amides is 2. The lowest BCUT2D eigenvalue weighted by Gasteiger charge is -2.34. The predicted molar refractivity (Wildman–Crippen MR) is 133 cm³/mol. The number of nitrogens with zero attached hydrogens (tertiary/aromatic N) is 3. The minimum Gasteiger partial charge on any atom is -0.493 e. The topological polar surface area (TPSA) is 117 Å². The highest BCUT2D eigenvalue weighted by atomic mass is 16.5. The van der Waals surface area contributed by atoms with Crippen molar-refractivity contribution < 1.29 is 19.1 Å². The molecule has 1 aromatic carbocycles. The monoisotopic (exact) mass is 479 g/mol. The number of nitrogens with one attached hydrogen (secondary N) is 2. The van der Waals surface area contributed by atoms with Crippen molar-refractivity contribution >= 4 is 17.6 Å². The number of ether oxygens (including phenoxy) is 2. The number of carbonyl (C=O) groups is 2. The second kappa shape index (κ2) is 11.6. The number of nitriles is 1. The van der Waals surface area contributed by atoms with Crippen LogP contribution in [-0.2, 0) is 16.0 Å². The molecule has 1 saturated heterocycles. The van der Waals surface area contributed by atoms with E-state index < -0.39 is 6.04 Å². The Labute approximate surface area is 206 Å². The van der Waals surface area contributed by atoms with Crippen molar-refractivity contribution in [2.75, 3.05) is 32.2 Å². The van der Waals surface area contributed by atoms with Gasteiger partial charge in [0.05, 0.1) is 19.8 Å². The van der Waals surface area contributed by atoms with E-state index in [9.17, 15) is 14.9 Å². The van der Waals surface area contributed by atoms with Gasteiger partial charge in [-0.2, -0.15) is 5.26 Å². The van der Waals surface area contributed by atoms with Crippen LogP contribution in [0.25, 0.3) is 0 Å². The highest BCUT2D eigenvalue weighted by molar-refractivity contribution is 5.87. The predicted octanol–water partition coefficient (Wildman–Crippen LogP) is 2.42. The maximum absolute atomic E-state index is 13.1. The number of methoxy groups -OCH3 is 2. The van der Waals surface area contributed by atoms with Crippen molar-refractivity contribution in [3.05, 3.63) is 46.6 Å². The van der Waals surface area contributed by atoms with E-state index in [-0.39, 0.29) is 17.9 Å². The van der Waals surface area contributed by atoms with Gasteiger partial charge in [-0.3, -0.25) is 9.59 Å². The van der Waals surface area contributed by atoms with E-state index in [0.717, 1.165) is 16.8 Å². The molecule has 0 unspecified atom stereocenters. The summed E-state index contributed by atoms with van der Waals surface area (Å²) in [6.45, 7) is 6.60. The first kappa shape index (κ1) is 25.8. The van der Waals surface area contributed by atoms with Crippen molar-refractivity contribution in [1.82, 2.24) is 15.6 Å². The summed E-state index contributed by atoms with van der Waals surface area (Å²) in [5, 5.41) is 15.4. The molecular weight excluding hydrogens is 446 g/mol. The minimum atomic E-state index is -0.713. The van der Waals surface area contributed by atoms with E-state index in [1.165, 1.54) is 6.92 Å². The van der Waals surface area contributed by atoms with E-state index >= 15 is 0 Å². The Kier molecular flexibility index (Phi) is 8.53. The molecule has 2 amide bonds. The largest absolute Gasteiger partial charge is 0.493 e. The fraction of sp³-hybridized carbons (Fsp3) is 0.462. The molecule has 186 valence electrons. The molecular formula is C26H33N5O4. The molecule has 35 heavy (non-hydrogen) atoms. The number of aromatic nitrogens is 1. The van der Waals surface area contributed by atoms with Gasteiger partial charge in [0.1, 0.15) is 17.9 Å². The van der Waals surface area contributed by atoms with E-state index in [1.54, 1.807) is 20.3 Å². The minimum absolute atomic E-state index is 0.0307. The Balaban J connectivity index is 1.66. The summed E-state index contributed by atoms with van der Waals surface area (Å²) < 4.78 is 10.6. The molecule has 2 N–H and O–H groups in total. The Hall–Kier alpha value is -3.80. The van der Waals surface area contributed by atoms with Crippen molar-refractivity contribution in [1.29, 1.82) is 5.26 Å². The number of piperidine rings is 1. The van der Waals surface area contributed by atoms with Crippen LogP contribution in [0, 0.1) is 25.2 Å². The van der Waals surface area contributed by atoms with Gasteiger partial charge in [0.25, 0.3) is 0 Å². The Morgan fingerprint density at radius 1 is 1.17 bits per heavy atom. The average molecular weight is 480 g/mol. The molecule has 1 aromatic heterocycles. The number of benzene rings is 1. The van der Waals surface area contributed by atoms with Crippen molar-refractivity contribution in [3.8, 4) is 17.6 Å². The van der Waals surface area contributed by atoms with Crippen LogP contribution < -0.4 is 25.0 Å². The number of hydrogen-bond donors (Lipinski definition) is 2. The molecule has 0 bridgehead atoms. The van der Waals surface area contributed by atoms with Gasteiger partial charge in [-0.25, -0.2) is 4.98 Å². The van der Waals surface area contributed by atoms with Crippen LogP contribution >= 0.6 is 0 Å². The summed E-state index contributed by atoms with van der Waals surface area (Å²) in [6.07, 6.45) is 1.76. The Bertz CT molecular complexity index is 1120. The second-order valence-corrected chi connectivity index (χ2v) is 8.81. The summed E-state index contributed by atoms with van der Waals surface area (Å²) in [6, 6.07) is 8.88. The summed E-state index contributed by atoms with van der Waals surface area (Å²) >= 11 is 0. The number of carbonyl (C=O) groups excluding carboxylic acids is 2. The SMILES string of the molecule is COc1ccc(C[C@@H](NC(C)=O)C(=O)NC2CCN(c3nc(C)cc(C)c3C#N)CC2)cc1OC. The zero-order valence-electron chi connectivity index (χ0n) is 21.0. The van der Waals surface area contributed by atoms with Gasteiger partial charge in [-0.1, -0.05) is 6.07 Å². The highest BCUT2D eigenvalue weighted by Crippen LogP contribution is 2.28. The fourth-order valence-electron chi connectivity index (χ4n) is 4.42. The van der Waals surface area contributed by atoms with Gasteiger partial charge in [0.15, 0.2) is 11.5 Å². The van der Waals surface area contributed by atoms with E-state index in [2.05, 4.69) is 26.6 Å². The summed E-state index contributed by atoms with van der Waals surface area (Å²) in [7, 11) is 3.12. The summed E-state index contributed by atoms with van der Waals surface area (Å²) in [5.74, 6) is 1.37. The van der Waals surface area contributed by atoms with Gasteiger partial charge < -0.3 is 25.0 Å². The van der Waals surface area contributed by atoms with Crippen LogP contribution in [-0.4, -0.2) is 56.2 Å². The zero-order valence-corrected chi connectivity index (χ0v) is 21.0. The van der Waals surface area contributed by atoms with Gasteiger partial charge in [0, 0.05) is 38.2 Å². The fourth-order valence-corrected chi connectivity index (χ4v) is 4.42. The molecule has 1 fully saturated rings. The first-order valence-corrected chi connectivity index (χ1v) is 11.7. The van der Waals surface area contributed by atoms with E-state index in [1.807, 2.05) is 32.0 Å². The average Bonchev–Trinajstić information content (AvgIpc) is 2.83. The van der Waals surface area contributed by atoms with Crippen molar-refractivity contribution in [3.63, 3.8) is 0 Å². The smallest absolute Gasteiger partial charge is 0.243 e. The first-order chi connectivity index (χ1) is 16.7. The number of pyridine rings is 1. The summed E-state index contributed by atoms with van der Waals surface area (Å²) in [5.41, 5.74) is 3.23. The molecule has 0 aliphatic carbocycles. The van der Waals surface area contributed by atoms with Gasteiger partial charge in [0.2, 0.25) is 11.8 Å². The standard InChI is InChI=1S/C26H33N5O4/c1-16-12-17(2)28-25(21(16)15-27)31-10-8-20(9-11-31)30-26(33)22(29-18(3)32)13-19-6-7-23(34-4)24(14-19)35-5/h6-7,12,14,20,22H,8-11,13H2,1-5H3,(H,29,32)(H,30,33)/t22-/m1/s1. The van der Waals surface area contributed by atoms with Gasteiger partial charge in [-0.15, -0.1) is 0 Å². The molecule has 1 aliphatic heterocycles. The number of rotatable bonds is 8. The third-order valence-electron chi connectivity index (χ3n) is 6.16. The van der Waals surface area contributed by atoms with E-state index in [4.69, 9.17) is 9.47 Å². The van der Waals surface area contributed by atoms with Crippen LogP contribution in [0.15, 0.2) is 24.3 Å². The lowest BCUT2D eigenvalue weighted by atomic mass is 10.0. The van der Waals surface area contributed by atoms with Crippen molar-refractivity contribution in [2.45, 2.75) is 52.1 Å². The number of anilines is 1. The second-order valence-electron chi connectivity index (χ2n) is 8.81. The molecule has 9 nitrogen and oxygen atoms in total. The van der Waals surface area contributed by atoms with E-state index in [0.29, 0.717) is 55.2 Å². The van der Waals surface area contributed by atoms with Crippen LogP contribution in [0.4, 0.5) is 5.82 Å². The maximum atomic E-state index is 13.1. The zero-order chi connectivity index (χ0) is 25.5. The molecule has 2 heterocycles. The van der Waals surface area contributed by atoms with Crippen LogP contribution in [0.3, 0.4) is 0 Å². The van der Waals surface area contributed by atoms with Crippen LogP contribution in [0.5, 0.6) is 11.5 Å². The number of aryl methyl sites for hydroxylation is 2. The Morgan fingerprint density at radius 3 is 2.46 bits per heavy atom. The first-order valence-electron chi connectivity index (χ1n) is 11.7. The molecule has 1 atom stereocenters. The molecule has 9 heteroatoms. The lowest BCUT2D eigenvalue weighted by Crippen LogP contribution is -2.52. The molecule has 0 radical (unpaired) electrons. The molecule has 0 spiro atoms. The summed E-state index contributed by atoms with van der Waals surface area (Å²) in [4.78, 5) is 31.6. The quantitative estimate of drug-likeness (QED) is 0.597. The highest BCUT2D eigenvalue weighted by Gasteiger charge is 2.27. The molecule has 2 aromatic rings. The lowest BCUT2D eigenvalue weighted by molar-refractivity contribution is -0.128. The normalized spacial score (nSPS) is 14.6. The molecule has 0 saturated carbocycles. The third kappa shape index (κ3) is 6.41. The van der Waals surface area contributed by atoms with Crippen molar-refractivity contribution in [2.24, 2.45) is 0 Å². The molecule has 1 aliphatic rings.